The van der Waals surface area contributed by atoms with Crippen LogP contribution in [-0.2, 0) is 12.8 Å². The Bertz CT molecular complexity index is 408. The van der Waals surface area contributed by atoms with Crippen molar-refractivity contribution in [2.24, 2.45) is 0 Å². The molecule has 0 saturated heterocycles. The maximum atomic E-state index is 5.83. The minimum Gasteiger partial charge on any atom is -0.469 e. The Morgan fingerprint density at radius 3 is 2.93 bits per heavy atom. The lowest BCUT2D eigenvalue weighted by atomic mass is 10.2. The summed E-state index contributed by atoms with van der Waals surface area (Å²) < 4.78 is 5.19. The number of H-pyrrole nitrogens is 1. The average Bonchev–Trinajstić information content (AvgIpc) is 2.72. The lowest BCUT2D eigenvalue weighted by molar-refractivity contribution is 0.508. The number of aromatic nitrogens is 2. The predicted octanol–water partition coefficient (Wildman–Crippen LogP) is 2.02. The zero-order chi connectivity index (χ0) is 9.97. The van der Waals surface area contributed by atoms with Crippen LogP contribution in [0, 0.1) is 0 Å². The van der Waals surface area contributed by atoms with Gasteiger partial charge in [-0.25, -0.2) is 4.98 Å². The smallest absolute Gasteiger partial charge is 0.199 e. The lowest BCUT2D eigenvalue weighted by Gasteiger charge is -1.95. The fourth-order valence-corrected chi connectivity index (χ4v) is 1.51. The molecule has 2 heterocycles. The molecule has 0 bridgehead atoms. The van der Waals surface area contributed by atoms with Crippen LogP contribution in [0.4, 0.5) is 5.95 Å². The molecule has 0 unspecified atom stereocenters. The van der Waals surface area contributed by atoms with Gasteiger partial charge < -0.3 is 15.1 Å². The van der Waals surface area contributed by atoms with Crippen molar-refractivity contribution in [3.63, 3.8) is 0 Å². The van der Waals surface area contributed by atoms with E-state index >= 15 is 0 Å². The first-order valence-corrected chi connectivity index (χ1v) is 4.66. The average molecular weight is 212 g/mol. The maximum Gasteiger partial charge on any atom is 0.199 e. The second-order valence-electron chi connectivity index (χ2n) is 2.97. The summed E-state index contributed by atoms with van der Waals surface area (Å²) in [4.78, 5) is 6.77. The summed E-state index contributed by atoms with van der Waals surface area (Å²) in [5.74, 6) is 1.28. The van der Waals surface area contributed by atoms with E-state index < -0.39 is 0 Å². The van der Waals surface area contributed by atoms with E-state index in [0.717, 1.165) is 24.3 Å². The van der Waals surface area contributed by atoms with Gasteiger partial charge in [-0.15, -0.1) is 0 Å². The second-order valence-corrected chi connectivity index (χ2v) is 3.33. The van der Waals surface area contributed by atoms with Crippen molar-refractivity contribution in [2.45, 2.75) is 12.8 Å². The Balaban J connectivity index is 2.01. The zero-order valence-electron chi connectivity index (χ0n) is 7.46. The van der Waals surface area contributed by atoms with Crippen molar-refractivity contribution in [1.29, 1.82) is 0 Å². The van der Waals surface area contributed by atoms with Crippen LogP contribution in [0.1, 0.15) is 11.5 Å². The Hall–Kier alpha value is -1.42. The minimum atomic E-state index is 0.351. The van der Waals surface area contributed by atoms with E-state index in [-0.39, 0.29) is 0 Å². The Morgan fingerprint density at radius 1 is 1.50 bits per heavy atom. The molecule has 4 nitrogen and oxygen atoms in total. The van der Waals surface area contributed by atoms with Crippen LogP contribution in [0.15, 0.2) is 22.8 Å². The van der Waals surface area contributed by atoms with Gasteiger partial charge in [-0.2, -0.15) is 0 Å². The van der Waals surface area contributed by atoms with Gasteiger partial charge in [-0.1, -0.05) is 11.6 Å². The highest BCUT2D eigenvalue weighted by atomic mass is 35.5. The number of halogens is 1. The fourth-order valence-electron chi connectivity index (χ4n) is 1.28. The lowest BCUT2D eigenvalue weighted by Crippen LogP contribution is -1.91. The number of aromatic amines is 1. The monoisotopic (exact) mass is 211 g/mol. The van der Waals surface area contributed by atoms with E-state index in [4.69, 9.17) is 21.8 Å². The minimum absolute atomic E-state index is 0.351. The van der Waals surface area contributed by atoms with Gasteiger partial charge in [-0.3, -0.25) is 0 Å². The number of imidazole rings is 1. The number of rotatable bonds is 3. The normalized spacial score (nSPS) is 10.6. The molecule has 0 atom stereocenters. The Labute approximate surface area is 86.1 Å². The van der Waals surface area contributed by atoms with E-state index in [1.807, 2.05) is 12.1 Å². The number of hydrogen-bond donors (Lipinski definition) is 2. The zero-order valence-corrected chi connectivity index (χ0v) is 8.21. The molecule has 0 fully saturated rings. The van der Waals surface area contributed by atoms with Crippen LogP contribution in [0.2, 0.25) is 5.15 Å². The van der Waals surface area contributed by atoms with Gasteiger partial charge in [0.1, 0.15) is 5.76 Å². The van der Waals surface area contributed by atoms with Gasteiger partial charge in [0, 0.05) is 6.42 Å². The van der Waals surface area contributed by atoms with Gasteiger partial charge in [0.15, 0.2) is 11.1 Å². The molecule has 0 aliphatic heterocycles. The summed E-state index contributed by atoms with van der Waals surface area (Å²) in [5, 5.41) is 0.439. The molecule has 0 spiro atoms. The summed E-state index contributed by atoms with van der Waals surface area (Å²) in [6, 6.07) is 3.78. The third kappa shape index (κ3) is 1.90. The first-order chi connectivity index (χ1) is 6.75. The van der Waals surface area contributed by atoms with Crippen molar-refractivity contribution in [2.75, 3.05) is 5.73 Å². The summed E-state index contributed by atoms with van der Waals surface area (Å²) in [5.41, 5.74) is 6.30. The van der Waals surface area contributed by atoms with Crippen LogP contribution >= 0.6 is 11.6 Å². The summed E-state index contributed by atoms with van der Waals surface area (Å²) in [6.45, 7) is 0. The molecule has 0 radical (unpaired) electrons. The van der Waals surface area contributed by atoms with E-state index in [1.165, 1.54) is 0 Å². The molecule has 0 aliphatic carbocycles. The maximum absolute atomic E-state index is 5.83. The number of anilines is 1. The topological polar surface area (TPSA) is 67.8 Å². The van der Waals surface area contributed by atoms with Gasteiger partial charge in [0.2, 0.25) is 0 Å². The van der Waals surface area contributed by atoms with Crippen molar-refractivity contribution < 1.29 is 4.42 Å². The molecule has 3 N–H and O–H groups in total. The molecular weight excluding hydrogens is 202 g/mol. The van der Waals surface area contributed by atoms with Crippen molar-refractivity contribution >= 4 is 17.5 Å². The molecule has 0 saturated carbocycles. The highest BCUT2D eigenvalue weighted by Crippen LogP contribution is 2.16. The van der Waals surface area contributed by atoms with E-state index in [9.17, 15) is 0 Å². The number of aryl methyl sites for hydroxylation is 2. The van der Waals surface area contributed by atoms with E-state index in [1.54, 1.807) is 6.26 Å². The first-order valence-electron chi connectivity index (χ1n) is 4.28. The summed E-state index contributed by atoms with van der Waals surface area (Å²) in [7, 11) is 0. The third-order valence-corrected chi connectivity index (χ3v) is 2.26. The van der Waals surface area contributed by atoms with Crippen molar-refractivity contribution in [3.05, 3.63) is 35.0 Å². The molecule has 2 rings (SSSR count). The number of nitrogens with two attached hydrogens (primary N) is 1. The van der Waals surface area contributed by atoms with Crippen molar-refractivity contribution in [3.8, 4) is 0 Å². The second kappa shape index (κ2) is 3.75. The standard InChI is InChI=1S/C9H10ClN3O/c10-8-7(12-9(11)13-8)4-3-6-2-1-5-14-6/h1-2,5H,3-4H2,(H3,11,12,13). The molecule has 0 amide bonds. The van der Waals surface area contributed by atoms with Gasteiger partial charge in [0.05, 0.1) is 12.0 Å². The molecule has 2 aromatic rings. The van der Waals surface area contributed by atoms with Crippen LogP contribution in [-0.4, -0.2) is 9.97 Å². The summed E-state index contributed by atoms with van der Waals surface area (Å²) in [6.07, 6.45) is 3.18. The first kappa shape index (κ1) is 9.15. The van der Waals surface area contributed by atoms with Gasteiger partial charge in [-0.05, 0) is 18.6 Å². The van der Waals surface area contributed by atoms with E-state index in [2.05, 4.69) is 9.97 Å². The van der Waals surface area contributed by atoms with E-state index in [0.29, 0.717) is 11.1 Å². The predicted molar refractivity (Wildman–Crippen MR) is 54.1 cm³/mol. The van der Waals surface area contributed by atoms with Gasteiger partial charge in [0.25, 0.3) is 0 Å². The van der Waals surface area contributed by atoms with Gasteiger partial charge >= 0.3 is 0 Å². The quantitative estimate of drug-likeness (QED) is 0.816. The van der Waals surface area contributed by atoms with Crippen LogP contribution in [0.3, 0.4) is 0 Å². The SMILES string of the molecule is Nc1nc(Cl)c(CCc2ccco2)[nH]1. The number of furan rings is 1. The van der Waals surface area contributed by atoms with Crippen LogP contribution < -0.4 is 5.73 Å². The molecule has 14 heavy (non-hydrogen) atoms. The van der Waals surface area contributed by atoms with Crippen LogP contribution in [0.5, 0.6) is 0 Å². The fraction of sp³-hybridized carbons (Fsp3) is 0.222. The number of nitrogens with one attached hydrogen (secondary N) is 1. The summed E-state index contributed by atoms with van der Waals surface area (Å²) >= 11 is 5.83. The van der Waals surface area contributed by atoms with Crippen molar-refractivity contribution in [1.82, 2.24) is 9.97 Å². The molecule has 2 aromatic heterocycles. The highest BCUT2D eigenvalue weighted by molar-refractivity contribution is 6.30. The number of nitrogens with zero attached hydrogens (tertiary/aromatic N) is 1. The Kier molecular flexibility index (Phi) is 2.45. The molecule has 0 aliphatic rings. The molecular formula is C9H10ClN3O. The van der Waals surface area contributed by atoms with Crippen LogP contribution in [0.25, 0.3) is 0 Å². The Morgan fingerprint density at radius 2 is 2.36 bits per heavy atom. The molecule has 74 valence electrons. The highest BCUT2D eigenvalue weighted by Gasteiger charge is 2.06. The third-order valence-electron chi connectivity index (χ3n) is 1.95. The molecule has 5 heteroatoms. The number of hydrogen-bond acceptors (Lipinski definition) is 3. The number of nitrogen functional groups attached to an aromatic ring is 1. The largest absolute Gasteiger partial charge is 0.469 e. The molecule has 0 aromatic carbocycles.